The van der Waals surface area contributed by atoms with E-state index in [-0.39, 0.29) is 18.3 Å². The lowest BCUT2D eigenvalue weighted by molar-refractivity contribution is -0.130. The number of hydrogen-bond acceptors (Lipinski definition) is 2. The minimum Gasteiger partial charge on any atom is -0.337 e. The van der Waals surface area contributed by atoms with Gasteiger partial charge in [-0.25, -0.2) is 0 Å². The quantitative estimate of drug-likeness (QED) is 0.564. The van der Waals surface area contributed by atoms with Crippen LogP contribution in [0.25, 0.3) is 0 Å². The summed E-state index contributed by atoms with van der Waals surface area (Å²) in [5.74, 6) is 0.231. The van der Waals surface area contributed by atoms with Crippen LogP contribution in [0.2, 0.25) is 0 Å². The van der Waals surface area contributed by atoms with Crippen molar-refractivity contribution in [2.45, 2.75) is 25.4 Å². The molecule has 1 N–H and O–H groups in total. The first-order valence-corrected chi connectivity index (χ1v) is 3.78. The fourth-order valence-corrected chi connectivity index (χ4v) is 1.95. The lowest BCUT2D eigenvalue weighted by Crippen LogP contribution is -2.45. The van der Waals surface area contributed by atoms with Crippen LogP contribution in [0.1, 0.15) is 13.3 Å². The van der Waals surface area contributed by atoms with Crippen molar-refractivity contribution in [1.29, 1.82) is 0 Å². The molecule has 0 spiro atoms. The summed E-state index contributed by atoms with van der Waals surface area (Å²) in [5.41, 5.74) is 0. The molecule has 2 aliphatic rings. The van der Waals surface area contributed by atoms with Gasteiger partial charge in [-0.3, -0.25) is 4.79 Å². The predicted octanol–water partition coefficient (Wildman–Crippen LogP) is 0.000800. The maximum atomic E-state index is 10.9. The van der Waals surface area contributed by atoms with Crippen LogP contribution in [0.3, 0.4) is 0 Å². The van der Waals surface area contributed by atoms with Gasteiger partial charge in [0.2, 0.25) is 5.91 Å². The van der Waals surface area contributed by atoms with Crippen molar-refractivity contribution in [2.75, 3.05) is 13.1 Å². The number of amides is 1. The maximum Gasteiger partial charge on any atom is 0.219 e. The monoisotopic (exact) mass is 176 g/mol. The molecule has 2 rings (SSSR count). The number of nitrogens with zero attached hydrogens (tertiary/aromatic N) is 1. The Kier molecular flexibility index (Phi) is 2.40. The lowest BCUT2D eigenvalue weighted by Gasteiger charge is -2.25. The molecule has 0 radical (unpaired) electrons. The number of nitrogens with one attached hydrogen (secondary N) is 1. The van der Waals surface area contributed by atoms with E-state index in [1.54, 1.807) is 6.92 Å². The fourth-order valence-electron chi connectivity index (χ4n) is 1.95. The van der Waals surface area contributed by atoms with Crippen LogP contribution >= 0.6 is 12.4 Å². The summed E-state index contributed by atoms with van der Waals surface area (Å²) in [5, 5.41) is 3.35. The Hall–Kier alpha value is -0.280. The highest BCUT2D eigenvalue weighted by atomic mass is 35.5. The van der Waals surface area contributed by atoms with Gasteiger partial charge in [0.05, 0.1) is 0 Å². The molecule has 1 amide bonds. The zero-order valence-corrected chi connectivity index (χ0v) is 7.36. The molecule has 64 valence electrons. The van der Waals surface area contributed by atoms with Gasteiger partial charge >= 0.3 is 0 Å². The van der Waals surface area contributed by atoms with Crippen molar-refractivity contribution in [2.24, 2.45) is 0 Å². The molecule has 2 aliphatic heterocycles. The van der Waals surface area contributed by atoms with Gasteiger partial charge in [0.15, 0.2) is 0 Å². The van der Waals surface area contributed by atoms with Gasteiger partial charge in [-0.15, -0.1) is 12.4 Å². The second-order valence-electron chi connectivity index (χ2n) is 3.17. The Morgan fingerprint density at radius 1 is 1.64 bits per heavy atom. The van der Waals surface area contributed by atoms with E-state index >= 15 is 0 Å². The topological polar surface area (TPSA) is 32.3 Å². The van der Waals surface area contributed by atoms with Crippen LogP contribution in [0.5, 0.6) is 0 Å². The molecule has 0 aromatic rings. The molecule has 2 saturated heterocycles. The van der Waals surface area contributed by atoms with Gasteiger partial charge in [0.25, 0.3) is 0 Å². The SMILES string of the molecule is CC(=O)N1C[C@H]2C[C@@H]1CN2.Cl. The van der Waals surface area contributed by atoms with Crippen LogP contribution in [-0.4, -0.2) is 36.0 Å². The van der Waals surface area contributed by atoms with Gasteiger partial charge in [0.1, 0.15) is 0 Å². The summed E-state index contributed by atoms with van der Waals surface area (Å²) < 4.78 is 0. The Morgan fingerprint density at radius 3 is 2.64 bits per heavy atom. The molecule has 0 aromatic carbocycles. The third kappa shape index (κ3) is 1.35. The summed E-state index contributed by atoms with van der Waals surface area (Å²) in [6.07, 6.45) is 1.17. The van der Waals surface area contributed by atoms with E-state index in [0.717, 1.165) is 13.1 Å². The summed E-state index contributed by atoms with van der Waals surface area (Å²) in [7, 11) is 0. The normalized spacial score (nSPS) is 33.7. The second-order valence-corrected chi connectivity index (χ2v) is 3.17. The molecular weight excluding hydrogens is 164 g/mol. The zero-order chi connectivity index (χ0) is 7.14. The second kappa shape index (κ2) is 2.99. The van der Waals surface area contributed by atoms with Crippen LogP contribution in [0.4, 0.5) is 0 Å². The van der Waals surface area contributed by atoms with E-state index in [2.05, 4.69) is 5.32 Å². The minimum atomic E-state index is 0. The Morgan fingerprint density at radius 2 is 2.36 bits per heavy atom. The minimum absolute atomic E-state index is 0. The fraction of sp³-hybridized carbons (Fsp3) is 0.857. The van der Waals surface area contributed by atoms with Crippen LogP contribution in [-0.2, 0) is 4.79 Å². The summed E-state index contributed by atoms with van der Waals surface area (Å²) in [6.45, 7) is 3.59. The van der Waals surface area contributed by atoms with E-state index in [4.69, 9.17) is 0 Å². The molecule has 0 saturated carbocycles. The number of carbonyl (C=O) groups excluding carboxylic acids is 1. The number of halogens is 1. The van der Waals surface area contributed by atoms with Gasteiger partial charge < -0.3 is 10.2 Å². The van der Waals surface area contributed by atoms with E-state index in [9.17, 15) is 4.79 Å². The molecule has 0 unspecified atom stereocenters. The van der Waals surface area contributed by atoms with Crippen molar-refractivity contribution in [3.05, 3.63) is 0 Å². The molecular formula is C7H13ClN2O. The van der Waals surface area contributed by atoms with Gasteiger partial charge in [-0.05, 0) is 6.42 Å². The standard InChI is InChI=1S/C7H12N2O.ClH/c1-5(10)9-4-6-2-7(9)3-8-6;/h6-8H,2-4H2,1H3;1H/t6-,7-;/m1./s1. The number of piperazine rings is 1. The Labute approximate surface area is 72.5 Å². The molecule has 2 fully saturated rings. The molecule has 0 aromatic heterocycles. The molecule has 0 aliphatic carbocycles. The van der Waals surface area contributed by atoms with Crippen molar-refractivity contribution >= 4 is 18.3 Å². The molecule has 11 heavy (non-hydrogen) atoms. The van der Waals surface area contributed by atoms with Crippen molar-refractivity contribution in [3.63, 3.8) is 0 Å². The first-order chi connectivity index (χ1) is 4.77. The highest BCUT2D eigenvalue weighted by molar-refractivity contribution is 5.85. The van der Waals surface area contributed by atoms with Crippen LogP contribution in [0.15, 0.2) is 0 Å². The average molecular weight is 177 g/mol. The summed E-state index contributed by atoms with van der Waals surface area (Å²) >= 11 is 0. The Bertz CT molecular complexity index is 174. The van der Waals surface area contributed by atoms with Crippen molar-refractivity contribution in [1.82, 2.24) is 10.2 Å². The number of carbonyl (C=O) groups is 1. The first kappa shape index (κ1) is 8.81. The first-order valence-electron chi connectivity index (χ1n) is 3.78. The molecule has 2 heterocycles. The van der Waals surface area contributed by atoms with Crippen molar-refractivity contribution in [3.8, 4) is 0 Å². The van der Waals surface area contributed by atoms with Gasteiger partial charge in [-0.2, -0.15) is 0 Å². The average Bonchev–Trinajstić information content (AvgIpc) is 2.44. The van der Waals surface area contributed by atoms with Crippen LogP contribution in [0, 0.1) is 0 Å². The third-order valence-electron chi connectivity index (χ3n) is 2.46. The molecule has 4 heteroatoms. The number of rotatable bonds is 0. The maximum absolute atomic E-state index is 10.9. The molecule has 2 bridgehead atoms. The number of likely N-dealkylation sites (tertiary alicyclic amines) is 1. The smallest absolute Gasteiger partial charge is 0.219 e. The van der Waals surface area contributed by atoms with Gasteiger partial charge in [0, 0.05) is 32.1 Å². The molecule has 2 atom stereocenters. The van der Waals surface area contributed by atoms with E-state index in [1.807, 2.05) is 4.90 Å². The van der Waals surface area contributed by atoms with E-state index in [1.165, 1.54) is 6.42 Å². The lowest BCUT2D eigenvalue weighted by atomic mass is 10.2. The third-order valence-corrected chi connectivity index (χ3v) is 2.46. The van der Waals surface area contributed by atoms with E-state index < -0.39 is 0 Å². The largest absolute Gasteiger partial charge is 0.337 e. The molecule has 3 nitrogen and oxygen atoms in total. The number of fused-ring (bicyclic) bond motifs is 2. The highest BCUT2D eigenvalue weighted by Gasteiger charge is 2.38. The number of hydrogen-bond donors (Lipinski definition) is 1. The Balaban J connectivity index is 0.000000605. The summed E-state index contributed by atoms with van der Waals surface area (Å²) in [4.78, 5) is 12.9. The van der Waals surface area contributed by atoms with Gasteiger partial charge in [-0.1, -0.05) is 0 Å². The highest BCUT2D eigenvalue weighted by Crippen LogP contribution is 2.22. The predicted molar refractivity (Wildman–Crippen MR) is 44.8 cm³/mol. The summed E-state index contributed by atoms with van der Waals surface area (Å²) in [6, 6.07) is 1.09. The zero-order valence-electron chi connectivity index (χ0n) is 6.54. The van der Waals surface area contributed by atoms with Crippen molar-refractivity contribution < 1.29 is 4.79 Å². The van der Waals surface area contributed by atoms with E-state index in [0.29, 0.717) is 12.1 Å². The van der Waals surface area contributed by atoms with Crippen LogP contribution < -0.4 is 5.32 Å².